The van der Waals surface area contributed by atoms with Gasteiger partial charge in [0.25, 0.3) is 0 Å². The molecule has 18 heavy (non-hydrogen) atoms. The van der Waals surface area contributed by atoms with Gasteiger partial charge in [-0.1, -0.05) is 0 Å². The summed E-state index contributed by atoms with van der Waals surface area (Å²) in [5, 5.41) is 0.435. The first kappa shape index (κ1) is 12.8. The fourth-order valence-corrected chi connectivity index (χ4v) is 3.26. The Morgan fingerprint density at radius 1 is 1.39 bits per heavy atom. The molecule has 0 saturated carbocycles. The van der Waals surface area contributed by atoms with E-state index in [-0.39, 0.29) is 0 Å². The summed E-state index contributed by atoms with van der Waals surface area (Å²) < 4.78 is 4.92. The summed E-state index contributed by atoms with van der Waals surface area (Å²) in [5.74, 6) is -0.412. The molecule has 4 nitrogen and oxygen atoms in total. The van der Waals surface area contributed by atoms with Crippen LogP contribution in [0.3, 0.4) is 0 Å². The van der Waals surface area contributed by atoms with Crippen LogP contribution in [-0.4, -0.2) is 18.9 Å². The Kier molecular flexibility index (Phi) is 3.78. The van der Waals surface area contributed by atoms with Crippen molar-refractivity contribution in [3.05, 3.63) is 28.6 Å². The second kappa shape index (κ2) is 5.32. The highest BCUT2D eigenvalue weighted by atomic mass is 32.1. The zero-order valence-corrected chi connectivity index (χ0v) is 11.3. The van der Waals surface area contributed by atoms with Crippen molar-refractivity contribution in [2.75, 3.05) is 12.3 Å². The van der Waals surface area contributed by atoms with E-state index in [1.807, 2.05) is 6.07 Å². The minimum Gasteiger partial charge on any atom is -0.462 e. The van der Waals surface area contributed by atoms with Crippen molar-refractivity contribution < 1.29 is 14.3 Å². The number of nitrogens with two attached hydrogens (primary N) is 1. The minimum atomic E-state index is -0.412. The molecular formula is C12H11NO3S2. The Morgan fingerprint density at radius 2 is 2.17 bits per heavy atom. The number of ether oxygens (including phenoxy) is 1. The number of hydrogen-bond acceptors (Lipinski definition) is 6. The van der Waals surface area contributed by atoms with Gasteiger partial charge in [-0.2, -0.15) is 0 Å². The summed E-state index contributed by atoms with van der Waals surface area (Å²) in [6.07, 6.45) is 0.803. The molecule has 2 aromatic heterocycles. The zero-order chi connectivity index (χ0) is 13.1. The molecule has 2 heterocycles. The van der Waals surface area contributed by atoms with E-state index in [1.165, 1.54) is 22.7 Å². The molecule has 0 fully saturated rings. The number of carbonyl (C=O) groups is 2. The van der Waals surface area contributed by atoms with Crippen LogP contribution in [0.15, 0.2) is 18.2 Å². The summed E-state index contributed by atoms with van der Waals surface area (Å²) in [4.78, 5) is 24.7. The minimum absolute atomic E-state index is 0.317. The molecule has 0 aliphatic rings. The van der Waals surface area contributed by atoms with E-state index in [9.17, 15) is 9.59 Å². The molecule has 0 aromatic carbocycles. The second-order valence-corrected chi connectivity index (χ2v) is 5.63. The molecular weight excluding hydrogens is 270 g/mol. The van der Waals surface area contributed by atoms with Crippen LogP contribution in [0.5, 0.6) is 0 Å². The number of nitrogen functional groups attached to an aromatic ring is 1. The van der Waals surface area contributed by atoms with E-state index in [4.69, 9.17) is 10.5 Å². The first-order valence-electron chi connectivity index (χ1n) is 5.27. The van der Waals surface area contributed by atoms with Crippen LogP contribution < -0.4 is 5.73 Å². The largest absolute Gasteiger partial charge is 0.462 e. The maximum atomic E-state index is 11.6. The van der Waals surface area contributed by atoms with Gasteiger partial charge >= 0.3 is 5.97 Å². The van der Waals surface area contributed by atoms with Crippen molar-refractivity contribution >= 4 is 39.9 Å². The fraction of sp³-hybridized carbons (Fsp3) is 0.167. The van der Waals surface area contributed by atoms with Gasteiger partial charge in [-0.3, -0.25) is 4.79 Å². The fourth-order valence-electron chi connectivity index (χ4n) is 1.44. The standard InChI is InChI=1S/C12H11NO3S2/c1-2-16-12(15)8-5-10(18-11(8)13)9-4-3-7(6-14)17-9/h3-6H,2,13H2,1H3. The van der Waals surface area contributed by atoms with Gasteiger partial charge in [0.2, 0.25) is 0 Å². The molecule has 94 valence electrons. The second-order valence-electron chi connectivity index (χ2n) is 3.43. The van der Waals surface area contributed by atoms with Gasteiger partial charge < -0.3 is 10.5 Å². The smallest absolute Gasteiger partial charge is 0.341 e. The van der Waals surface area contributed by atoms with Gasteiger partial charge in [0.1, 0.15) is 5.00 Å². The molecule has 0 saturated heterocycles. The number of esters is 1. The predicted octanol–water partition coefficient (Wildman–Crippen LogP) is 3.05. The molecule has 0 aliphatic heterocycles. The Bertz CT molecular complexity index is 586. The number of hydrogen-bond donors (Lipinski definition) is 1. The maximum Gasteiger partial charge on any atom is 0.341 e. The van der Waals surface area contributed by atoms with Gasteiger partial charge in [-0.25, -0.2) is 4.79 Å². The van der Waals surface area contributed by atoms with Crippen molar-refractivity contribution in [2.45, 2.75) is 6.92 Å². The average molecular weight is 281 g/mol. The summed E-state index contributed by atoms with van der Waals surface area (Å²) >= 11 is 2.68. The lowest BCUT2D eigenvalue weighted by molar-refractivity contribution is 0.0528. The van der Waals surface area contributed by atoms with Crippen LogP contribution in [0, 0.1) is 0 Å². The third-order valence-electron chi connectivity index (χ3n) is 2.24. The van der Waals surface area contributed by atoms with E-state index >= 15 is 0 Å². The highest BCUT2D eigenvalue weighted by Crippen LogP contribution is 2.37. The van der Waals surface area contributed by atoms with Crippen LogP contribution in [0.1, 0.15) is 27.0 Å². The molecule has 2 rings (SSSR count). The Balaban J connectivity index is 2.33. The normalized spacial score (nSPS) is 10.3. The number of carbonyl (C=O) groups excluding carboxylic acids is 2. The van der Waals surface area contributed by atoms with E-state index in [0.717, 1.165) is 16.0 Å². The van der Waals surface area contributed by atoms with Crippen LogP contribution in [-0.2, 0) is 4.74 Å². The lowest BCUT2D eigenvalue weighted by Crippen LogP contribution is -2.05. The lowest BCUT2D eigenvalue weighted by Gasteiger charge is -1.98. The average Bonchev–Trinajstić information content (AvgIpc) is 2.95. The SMILES string of the molecule is CCOC(=O)c1cc(-c2ccc(C=O)s2)sc1N. The lowest BCUT2D eigenvalue weighted by atomic mass is 10.2. The highest BCUT2D eigenvalue weighted by Gasteiger charge is 2.16. The van der Waals surface area contributed by atoms with Crippen molar-refractivity contribution in [3.8, 4) is 9.75 Å². The summed E-state index contributed by atoms with van der Waals surface area (Å²) in [6, 6.07) is 5.29. The molecule has 0 amide bonds. The topological polar surface area (TPSA) is 69.4 Å². The predicted molar refractivity (Wildman–Crippen MR) is 73.4 cm³/mol. The highest BCUT2D eigenvalue weighted by molar-refractivity contribution is 7.24. The van der Waals surface area contributed by atoms with E-state index in [2.05, 4.69) is 0 Å². The maximum absolute atomic E-state index is 11.6. The first-order chi connectivity index (χ1) is 8.65. The van der Waals surface area contributed by atoms with Crippen molar-refractivity contribution in [1.29, 1.82) is 0 Å². The van der Waals surface area contributed by atoms with Crippen LogP contribution in [0.4, 0.5) is 5.00 Å². The number of thiophene rings is 2. The molecule has 0 bridgehead atoms. The summed E-state index contributed by atoms with van der Waals surface area (Å²) in [6.45, 7) is 2.06. The quantitative estimate of drug-likeness (QED) is 0.690. The summed E-state index contributed by atoms with van der Waals surface area (Å²) in [5.41, 5.74) is 6.19. The van der Waals surface area contributed by atoms with E-state index in [1.54, 1.807) is 19.1 Å². The van der Waals surface area contributed by atoms with Gasteiger partial charge in [0.15, 0.2) is 6.29 Å². The van der Waals surface area contributed by atoms with Crippen LogP contribution in [0.2, 0.25) is 0 Å². The van der Waals surface area contributed by atoms with E-state index in [0.29, 0.717) is 22.0 Å². The monoisotopic (exact) mass is 281 g/mol. The summed E-state index contributed by atoms with van der Waals surface area (Å²) in [7, 11) is 0. The molecule has 2 N–H and O–H groups in total. The molecule has 2 aromatic rings. The Hall–Kier alpha value is -1.66. The van der Waals surface area contributed by atoms with Crippen molar-refractivity contribution in [2.24, 2.45) is 0 Å². The van der Waals surface area contributed by atoms with Gasteiger partial charge in [0.05, 0.1) is 17.0 Å². The van der Waals surface area contributed by atoms with Gasteiger partial charge in [-0.05, 0) is 25.1 Å². The number of aldehydes is 1. The van der Waals surface area contributed by atoms with E-state index < -0.39 is 5.97 Å². The molecule has 0 unspecified atom stereocenters. The third-order valence-corrected chi connectivity index (χ3v) is 4.41. The molecule has 0 aliphatic carbocycles. The zero-order valence-electron chi connectivity index (χ0n) is 9.64. The molecule has 0 atom stereocenters. The third kappa shape index (κ3) is 2.44. The van der Waals surface area contributed by atoms with Crippen molar-refractivity contribution in [3.63, 3.8) is 0 Å². The van der Waals surface area contributed by atoms with Crippen LogP contribution in [0.25, 0.3) is 9.75 Å². The van der Waals surface area contributed by atoms with Crippen LogP contribution >= 0.6 is 22.7 Å². The molecule has 0 spiro atoms. The van der Waals surface area contributed by atoms with Gasteiger partial charge in [-0.15, -0.1) is 22.7 Å². The molecule has 6 heteroatoms. The number of rotatable bonds is 4. The molecule has 0 radical (unpaired) electrons. The van der Waals surface area contributed by atoms with Gasteiger partial charge in [0, 0.05) is 9.75 Å². The Labute approximate surface area is 112 Å². The number of anilines is 1. The van der Waals surface area contributed by atoms with Crippen molar-refractivity contribution in [1.82, 2.24) is 0 Å². The first-order valence-corrected chi connectivity index (χ1v) is 6.90. The Morgan fingerprint density at radius 3 is 2.78 bits per heavy atom.